The van der Waals surface area contributed by atoms with Crippen LogP contribution in [0.1, 0.15) is 49.7 Å². The standard InChI is InChI=1S/C20H34N4/c1-2-15-24(16-3-1)22-18-20-9-7-19(8-10-20)17-21-11-6-14-23-12-4-5-13-23/h7-10,21-22H,1-6,11-18H2. The number of likely N-dealkylation sites (tertiary alicyclic amines) is 1. The Bertz CT molecular complexity index is 447. The van der Waals surface area contributed by atoms with E-state index in [1.54, 1.807) is 0 Å². The number of rotatable bonds is 9. The molecule has 3 rings (SSSR count). The first kappa shape index (κ1) is 17.9. The lowest BCUT2D eigenvalue weighted by Gasteiger charge is -2.27. The molecule has 2 N–H and O–H groups in total. The molecule has 1 aromatic carbocycles. The summed E-state index contributed by atoms with van der Waals surface area (Å²) in [5.74, 6) is 0. The SMILES string of the molecule is c1cc(CNN2CCCCC2)ccc1CNCCCN1CCCC1. The number of hydrogen-bond donors (Lipinski definition) is 2. The Morgan fingerprint density at radius 1 is 0.750 bits per heavy atom. The highest BCUT2D eigenvalue weighted by Gasteiger charge is 2.10. The predicted octanol–water partition coefficient (Wildman–Crippen LogP) is 2.75. The van der Waals surface area contributed by atoms with Gasteiger partial charge in [-0.25, -0.2) is 5.01 Å². The lowest BCUT2D eigenvalue weighted by atomic mass is 10.1. The summed E-state index contributed by atoms with van der Waals surface area (Å²) in [7, 11) is 0. The summed E-state index contributed by atoms with van der Waals surface area (Å²) in [6, 6.07) is 9.05. The molecule has 2 heterocycles. The summed E-state index contributed by atoms with van der Waals surface area (Å²) in [6.07, 6.45) is 8.10. The normalized spacial score (nSPS) is 19.8. The topological polar surface area (TPSA) is 30.5 Å². The first-order valence-electron chi connectivity index (χ1n) is 9.89. The molecule has 0 radical (unpaired) electrons. The van der Waals surface area contributed by atoms with Crippen molar-refractivity contribution in [1.29, 1.82) is 0 Å². The quantitative estimate of drug-likeness (QED) is 0.682. The Morgan fingerprint density at radius 3 is 2.08 bits per heavy atom. The van der Waals surface area contributed by atoms with Gasteiger partial charge in [-0.1, -0.05) is 30.7 Å². The highest BCUT2D eigenvalue weighted by atomic mass is 15.5. The van der Waals surface area contributed by atoms with Crippen LogP contribution in [0.25, 0.3) is 0 Å². The van der Waals surface area contributed by atoms with Gasteiger partial charge in [-0.15, -0.1) is 0 Å². The molecule has 134 valence electrons. The first-order valence-corrected chi connectivity index (χ1v) is 9.89. The summed E-state index contributed by atoms with van der Waals surface area (Å²) in [4.78, 5) is 2.59. The number of benzene rings is 1. The fourth-order valence-corrected chi connectivity index (χ4v) is 3.70. The number of hydrogen-bond acceptors (Lipinski definition) is 4. The Kier molecular flexibility index (Phi) is 7.55. The van der Waals surface area contributed by atoms with Crippen LogP contribution in [0.4, 0.5) is 0 Å². The molecule has 1 aromatic rings. The van der Waals surface area contributed by atoms with Crippen LogP contribution in [0, 0.1) is 0 Å². The number of piperidine rings is 1. The van der Waals surface area contributed by atoms with Crippen molar-refractivity contribution < 1.29 is 0 Å². The summed E-state index contributed by atoms with van der Waals surface area (Å²) < 4.78 is 0. The molecule has 0 amide bonds. The second kappa shape index (κ2) is 10.1. The average molecular weight is 331 g/mol. The zero-order valence-corrected chi connectivity index (χ0v) is 15.1. The fourth-order valence-electron chi connectivity index (χ4n) is 3.70. The molecule has 0 bridgehead atoms. The van der Waals surface area contributed by atoms with Gasteiger partial charge < -0.3 is 10.2 Å². The van der Waals surface area contributed by atoms with E-state index >= 15 is 0 Å². The minimum atomic E-state index is 0.948. The van der Waals surface area contributed by atoms with E-state index in [1.165, 1.54) is 82.4 Å². The maximum Gasteiger partial charge on any atom is 0.0353 e. The van der Waals surface area contributed by atoms with Crippen LogP contribution >= 0.6 is 0 Å². The van der Waals surface area contributed by atoms with Gasteiger partial charge in [-0.05, 0) is 69.4 Å². The van der Waals surface area contributed by atoms with E-state index in [2.05, 4.69) is 44.9 Å². The smallest absolute Gasteiger partial charge is 0.0353 e. The van der Waals surface area contributed by atoms with Crippen molar-refractivity contribution in [3.05, 3.63) is 35.4 Å². The van der Waals surface area contributed by atoms with Gasteiger partial charge in [-0.3, -0.25) is 5.43 Å². The van der Waals surface area contributed by atoms with E-state index in [1.807, 2.05) is 0 Å². The third-order valence-corrected chi connectivity index (χ3v) is 5.24. The van der Waals surface area contributed by atoms with Crippen molar-refractivity contribution in [2.24, 2.45) is 0 Å². The van der Waals surface area contributed by atoms with Crippen LogP contribution in [0.2, 0.25) is 0 Å². The second-order valence-electron chi connectivity index (χ2n) is 7.28. The summed E-state index contributed by atoms with van der Waals surface area (Å²) in [5.41, 5.74) is 6.32. The van der Waals surface area contributed by atoms with E-state index in [9.17, 15) is 0 Å². The Labute approximate surface area is 147 Å². The van der Waals surface area contributed by atoms with Gasteiger partial charge in [0.15, 0.2) is 0 Å². The Morgan fingerprint density at radius 2 is 1.38 bits per heavy atom. The first-order chi connectivity index (χ1) is 11.9. The molecule has 2 aliphatic heterocycles. The molecule has 2 aliphatic rings. The molecule has 0 unspecified atom stereocenters. The van der Waals surface area contributed by atoms with E-state index in [0.717, 1.165) is 19.6 Å². The van der Waals surface area contributed by atoms with Gasteiger partial charge in [0, 0.05) is 26.2 Å². The van der Waals surface area contributed by atoms with Crippen molar-refractivity contribution >= 4 is 0 Å². The zero-order chi connectivity index (χ0) is 16.5. The summed E-state index contributed by atoms with van der Waals surface area (Å²) in [5, 5.41) is 5.95. The molecule has 4 nitrogen and oxygen atoms in total. The van der Waals surface area contributed by atoms with E-state index in [-0.39, 0.29) is 0 Å². The molecule has 4 heteroatoms. The molecule has 0 spiro atoms. The number of hydrazine groups is 1. The molecule has 0 saturated carbocycles. The average Bonchev–Trinajstić information content (AvgIpc) is 3.15. The largest absolute Gasteiger partial charge is 0.313 e. The van der Waals surface area contributed by atoms with Crippen molar-refractivity contribution in [1.82, 2.24) is 20.7 Å². The Hall–Kier alpha value is -0.940. The molecule has 0 aromatic heterocycles. The van der Waals surface area contributed by atoms with Gasteiger partial charge in [0.25, 0.3) is 0 Å². The van der Waals surface area contributed by atoms with E-state index in [0.29, 0.717) is 0 Å². The van der Waals surface area contributed by atoms with Gasteiger partial charge in [-0.2, -0.15) is 0 Å². The summed E-state index contributed by atoms with van der Waals surface area (Å²) >= 11 is 0. The van der Waals surface area contributed by atoms with Crippen molar-refractivity contribution in [2.45, 2.75) is 51.6 Å². The third kappa shape index (κ3) is 6.17. The highest BCUT2D eigenvalue weighted by Crippen LogP contribution is 2.09. The van der Waals surface area contributed by atoms with Crippen molar-refractivity contribution in [2.75, 3.05) is 39.3 Å². The van der Waals surface area contributed by atoms with Crippen LogP contribution in [0.3, 0.4) is 0 Å². The number of nitrogens with zero attached hydrogens (tertiary/aromatic N) is 2. The Balaban J connectivity index is 1.27. The van der Waals surface area contributed by atoms with Gasteiger partial charge >= 0.3 is 0 Å². The molecule has 0 aliphatic carbocycles. The monoisotopic (exact) mass is 330 g/mol. The molecule has 24 heavy (non-hydrogen) atoms. The second-order valence-corrected chi connectivity index (χ2v) is 7.28. The third-order valence-electron chi connectivity index (χ3n) is 5.24. The molecule has 0 atom stereocenters. The van der Waals surface area contributed by atoms with Gasteiger partial charge in [0.1, 0.15) is 0 Å². The van der Waals surface area contributed by atoms with E-state index < -0.39 is 0 Å². The van der Waals surface area contributed by atoms with Crippen LogP contribution in [-0.2, 0) is 13.1 Å². The van der Waals surface area contributed by atoms with Crippen LogP contribution < -0.4 is 10.7 Å². The van der Waals surface area contributed by atoms with Crippen molar-refractivity contribution in [3.8, 4) is 0 Å². The fraction of sp³-hybridized carbons (Fsp3) is 0.700. The maximum absolute atomic E-state index is 3.58. The lowest BCUT2D eigenvalue weighted by Crippen LogP contribution is -2.41. The summed E-state index contributed by atoms with van der Waals surface area (Å²) in [6.45, 7) is 9.32. The van der Waals surface area contributed by atoms with Crippen LogP contribution in [-0.4, -0.2) is 49.2 Å². The maximum atomic E-state index is 3.58. The van der Waals surface area contributed by atoms with Gasteiger partial charge in [0.2, 0.25) is 0 Å². The molecular formula is C20H34N4. The van der Waals surface area contributed by atoms with Crippen molar-refractivity contribution in [3.63, 3.8) is 0 Å². The van der Waals surface area contributed by atoms with Crippen LogP contribution in [0.5, 0.6) is 0 Å². The minimum absolute atomic E-state index is 0.948. The number of nitrogens with one attached hydrogen (secondary N) is 2. The molecule has 2 fully saturated rings. The predicted molar refractivity (Wildman–Crippen MR) is 101 cm³/mol. The van der Waals surface area contributed by atoms with Crippen LogP contribution in [0.15, 0.2) is 24.3 Å². The zero-order valence-electron chi connectivity index (χ0n) is 15.1. The minimum Gasteiger partial charge on any atom is -0.313 e. The van der Waals surface area contributed by atoms with E-state index in [4.69, 9.17) is 0 Å². The molecular weight excluding hydrogens is 296 g/mol. The molecule has 2 saturated heterocycles. The highest BCUT2D eigenvalue weighted by molar-refractivity contribution is 5.22. The van der Waals surface area contributed by atoms with Gasteiger partial charge in [0.05, 0.1) is 0 Å². The lowest BCUT2D eigenvalue weighted by molar-refractivity contribution is 0.151.